The molecule has 1 aromatic carbocycles. The van der Waals surface area contributed by atoms with Crippen molar-refractivity contribution in [3.63, 3.8) is 0 Å². The molecule has 0 bridgehead atoms. The van der Waals surface area contributed by atoms with E-state index >= 15 is 0 Å². The summed E-state index contributed by atoms with van der Waals surface area (Å²) in [5.74, 6) is -0.317. The Morgan fingerprint density at radius 1 is 1.19 bits per heavy atom. The molecule has 0 aliphatic heterocycles. The highest BCUT2D eigenvalue weighted by Gasteiger charge is 2.01. The minimum atomic E-state index is -0.317. The highest BCUT2D eigenvalue weighted by atomic mass is 35.5. The van der Waals surface area contributed by atoms with Crippen molar-refractivity contribution in [2.24, 2.45) is 0 Å². The van der Waals surface area contributed by atoms with Crippen LogP contribution in [-0.4, -0.2) is 18.3 Å². The summed E-state index contributed by atoms with van der Waals surface area (Å²) in [6.45, 7) is 0.989. The van der Waals surface area contributed by atoms with Crippen LogP contribution in [0.25, 0.3) is 0 Å². The molecule has 90 valence electrons. The number of nitrogens with one attached hydrogen (secondary N) is 1. The van der Waals surface area contributed by atoms with Crippen molar-refractivity contribution < 1.29 is 9.50 Å². The Balaban J connectivity index is 2.21. The number of rotatable bonds is 7. The van der Waals surface area contributed by atoms with Gasteiger partial charge in [-0.25, -0.2) is 4.39 Å². The van der Waals surface area contributed by atoms with Gasteiger partial charge in [-0.1, -0.05) is 24.4 Å². The predicted molar refractivity (Wildman–Crippen MR) is 65.5 cm³/mol. The minimum Gasteiger partial charge on any atom is -0.396 e. The van der Waals surface area contributed by atoms with E-state index in [1.54, 1.807) is 12.1 Å². The Hall–Kier alpha value is -0.800. The second-order valence-corrected chi connectivity index (χ2v) is 4.13. The zero-order chi connectivity index (χ0) is 11.8. The van der Waals surface area contributed by atoms with E-state index in [0.29, 0.717) is 10.7 Å². The molecule has 0 spiro atoms. The number of halogens is 2. The molecule has 0 unspecified atom stereocenters. The topological polar surface area (TPSA) is 32.3 Å². The molecule has 0 amide bonds. The lowest BCUT2D eigenvalue weighted by molar-refractivity contribution is 0.283. The Bertz CT molecular complexity index is 320. The van der Waals surface area contributed by atoms with Crippen LogP contribution in [0.5, 0.6) is 0 Å². The lowest BCUT2D eigenvalue weighted by Gasteiger charge is -2.07. The summed E-state index contributed by atoms with van der Waals surface area (Å²) in [4.78, 5) is 0. The molecule has 16 heavy (non-hydrogen) atoms. The third-order valence-electron chi connectivity index (χ3n) is 2.33. The van der Waals surface area contributed by atoms with Gasteiger partial charge in [0.25, 0.3) is 0 Å². The minimum absolute atomic E-state index is 0.249. The molecule has 2 N–H and O–H groups in total. The van der Waals surface area contributed by atoms with Crippen LogP contribution in [0.1, 0.15) is 25.7 Å². The fourth-order valence-corrected chi connectivity index (χ4v) is 1.61. The summed E-state index contributed by atoms with van der Waals surface area (Å²) in [5.41, 5.74) is 0.492. The standard InChI is InChI=1S/C12H17ClFNO/c13-10-5-6-12(11(14)9-10)15-7-3-1-2-4-8-16/h5-6,9,15-16H,1-4,7-8H2. The van der Waals surface area contributed by atoms with E-state index in [1.165, 1.54) is 6.07 Å². The average Bonchev–Trinajstić information content (AvgIpc) is 2.26. The van der Waals surface area contributed by atoms with Crippen molar-refractivity contribution in [3.8, 4) is 0 Å². The second kappa shape index (κ2) is 7.47. The van der Waals surface area contributed by atoms with Crippen molar-refractivity contribution in [3.05, 3.63) is 29.0 Å². The number of aliphatic hydroxyl groups excluding tert-OH is 1. The lowest BCUT2D eigenvalue weighted by Crippen LogP contribution is -2.03. The van der Waals surface area contributed by atoms with Crippen LogP contribution in [0.4, 0.5) is 10.1 Å². The molecule has 4 heteroatoms. The number of benzene rings is 1. The van der Waals surface area contributed by atoms with Gasteiger partial charge in [0.05, 0.1) is 5.69 Å². The van der Waals surface area contributed by atoms with Gasteiger partial charge < -0.3 is 10.4 Å². The Morgan fingerprint density at radius 2 is 1.94 bits per heavy atom. The highest BCUT2D eigenvalue weighted by molar-refractivity contribution is 6.30. The van der Waals surface area contributed by atoms with E-state index in [4.69, 9.17) is 16.7 Å². The van der Waals surface area contributed by atoms with Crippen LogP contribution >= 0.6 is 11.6 Å². The van der Waals surface area contributed by atoms with E-state index in [2.05, 4.69) is 5.32 Å². The molecule has 0 fully saturated rings. The van der Waals surface area contributed by atoms with Crippen LogP contribution in [0.3, 0.4) is 0 Å². The molecule has 0 atom stereocenters. The van der Waals surface area contributed by atoms with Gasteiger partial charge in [-0.3, -0.25) is 0 Å². The van der Waals surface area contributed by atoms with Crippen LogP contribution in [0.2, 0.25) is 5.02 Å². The smallest absolute Gasteiger partial charge is 0.147 e. The SMILES string of the molecule is OCCCCCCNc1ccc(Cl)cc1F. The summed E-state index contributed by atoms with van der Waals surface area (Å²) >= 11 is 5.64. The van der Waals surface area contributed by atoms with Gasteiger partial charge in [-0.2, -0.15) is 0 Å². The molecule has 0 aliphatic carbocycles. The molecule has 1 rings (SSSR count). The van der Waals surface area contributed by atoms with E-state index in [0.717, 1.165) is 32.2 Å². The third-order valence-corrected chi connectivity index (χ3v) is 2.57. The van der Waals surface area contributed by atoms with Crippen molar-refractivity contribution in [1.82, 2.24) is 0 Å². The highest BCUT2D eigenvalue weighted by Crippen LogP contribution is 2.18. The number of hydrogen-bond acceptors (Lipinski definition) is 2. The molecule has 0 heterocycles. The molecular weight excluding hydrogens is 229 g/mol. The van der Waals surface area contributed by atoms with E-state index in [9.17, 15) is 4.39 Å². The van der Waals surface area contributed by atoms with Crippen LogP contribution < -0.4 is 5.32 Å². The maximum atomic E-state index is 13.3. The van der Waals surface area contributed by atoms with E-state index in [-0.39, 0.29) is 12.4 Å². The molecule has 0 aliphatic rings. The summed E-state index contributed by atoms with van der Waals surface area (Å²) in [7, 11) is 0. The first-order valence-corrected chi connectivity index (χ1v) is 5.91. The summed E-state index contributed by atoms with van der Waals surface area (Å²) < 4.78 is 13.3. The van der Waals surface area contributed by atoms with Crippen LogP contribution in [0.15, 0.2) is 18.2 Å². The predicted octanol–water partition coefficient (Wildman–Crippen LogP) is 3.44. The fourth-order valence-electron chi connectivity index (χ4n) is 1.45. The maximum Gasteiger partial charge on any atom is 0.147 e. The zero-order valence-electron chi connectivity index (χ0n) is 9.18. The molecule has 1 aromatic rings. The first kappa shape index (κ1) is 13.3. The Labute approximate surface area is 100 Å². The molecular formula is C12H17ClFNO. The van der Waals surface area contributed by atoms with Gasteiger partial charge in [0.15, 0.2) is 0 Å². The number of aliphatic hydroxyl groups is 1. The molecule has 0 saturated heterocycles. The van der Waals surface area contributed by atoms with Gasteiger partial charge in [0, 0.05) is 18.2 Å². The third kappa shape index (κ3) is 4.81. The van der Waals surface area contributed by atoms with Crippen LogP contribution in [0, 0.1) is 5.82 Å². The normalized spacial score (nSPS) is 10.4. The first-order valence-electron chi connectivity index (χ1n) is 5.54. The fraction of sp³-hybridized carbons (Fsp3) is 0.500. The summed E-state index contributed by atoms with van der Waals surface area (Å²) in [6, 6.07) is 4.61. The van der Waals surface area contributed by atoms with Crippen molar-refractivity contribution in [2.75, 3.05) is 18.5 Å². The van der Waals surface area contributed by atoms with Crippen molar-refractivity contribution in [1.29, 1.82) is 0 Å². The lowest BCUT2D eigenvalue weighted by atomic mass is 10.2. The second-order valence-electron chi connectivity index (χ2n) is 3.69. The quantitative estimate of drug-likeness (QED) is 0.722. The molecule has 0 aromatic heterocycles. The Morgan fingerprint density at radius 3 is 2.62 bits per heavy atom. The monoisotopic (exact) mass is 245 g/mol. The van der Waals surface area contributed by atoms with Crippen molar-refractivity contribution in [2.45, 2.75) is 25.7 Å². The summed E-state index contributed by atoms with van der Waals surface area (Å²) in [6.07, 6.45) is 3.88. The first-order chi connectivity index (χ1) is 7.74. The molecule has 0 radical (unpaired) electrons. The largest absolute Gasteiger partial charge is 0.396 e. The Kier molecular flexibility index (Phi) is 6.19. The number of anilines is 1. The number of unbranched alkanes of at least 4 members (excludes halogenated alkanes) is 3. The van der Waals surface area contributed by atoms with Gasteiger partial charge in [0.2, 0.25) is 0 Å². The average molecular weight is 246 g/mol. The van der Waals surface area contributed by atoms with Crippen LogP contribution in [-0.2, 0) is 0 Å². The van der Waals surface area contributed by atoms with Crippen molar-refractivity contribution >= 4 is 17.3 Å². The van der Waals surface area contributed by atoms with Gasteiger partial charge >= 0.3 is 0 Å². The van der Waals surface area contributed by atoms with Gasteiger partial charge in [-0.05, 0) is 31.0 Å². The number of hydrogen-bond donors (Lipinski definition) is 2. The van der Waals surface area contributed by atoms with Gasteiger partial charge in [0.1, 0.15) is 5.82 Å². The zero-order valence-corrected chi connectivity index (χ0v) is 9.93. The molecule has 0 saturated carbocycles. The summed E-state index contributed by atoms with van der Waals surface area (Å²) in [5, 5.41) is 12.0. The van der Waals surface area contributed by atoms with E-state index in [1.807, 2.05) is 0 Å². The maximum absolute atomic E-state index is 13.3. The van der Waals surface area contributed by atoms with E-state index < -0.39 is 0 Å². The molecule has 2 nitrogen and oxygen atoms in total. The van der Waals surface area contributed by atoms with Gasteiger partial charge in [-0.15, -0.1) is 0 Å².